The van der Waals surface area contributed by atoms with Gasteiger partial charge in [0.2, 0.25) is 0 Å². The molecule has 0 saturated heterocycles. The minimum absolute atomic E-state index is 0.00468. The molecule has 0 radical (unpaired) electrons. The lowest BCUT2D eigenvalue weighted by atomic mass is 10.2. The number of hydrogen-bond donors (Lipinski definition) is 1. The van der Waals surface area contributed by atoms with Crippen molar-refractivity contribution < 1.29 is 22.7 Å². The molecule has 0 saturated carbocycles. The number of halogens is 2. The van der Waals surface area contributed by atoms with E-state index in [1.165, 1.54) is 7.11 Å². The van der Waals surface area contributed by atoms with E-state index in [0.29, 0.717) is 15.8 Å². The SMILES string of the molecule is COc1cccc2c1oc(=O)c1nc(NC(=O)c3c(F)cccc3F)sc12. The molecule has 27 heavy (non-hydrogen) atoms. The molecule has 9 heteroatoms. The molecular formula is C18H10F2N2O4S. The van der Waals surface area contributed by atoms with Gasteiger partial charge in [0.15, 0.2) is 22.0 Å². The zero-order valence-corrected chi connectivity index (χ0v) is 14.5. The van der Waals surface area contributed by atoms with Crippen molar-refractivity contribution in [3.05, 3.63) is 64.0 Å². The number of nitrogens with zero attached hydrogens (tertiary/aromatic N) is 1. The molecule has 0 bridgehead atoms. The molecule has 2 heterocycles. The second-order valence-corrected chi connectivity index (χ2v) is 6.47. The molecule has 1 amide bonds. The Bertz CT molecular complexity index is 1250. The van der Waals surface area contributed by atoms with Crippen molar-refractivity contribution in [2.75, 3.05) is 12.4 Å². The summed E-state index contributed by atoms with van der Waals surface area (Å²) >= 11 is 0.991. The Hall–Kier alpha value is -3.33. The molecule has 136 valence electrons. The number of amides is 1. The van der Waals surface area contributed by atoms with Crippen molar-refractivity contribution in [1.29, 1.82) is 0 Å². The molecule has 0 aliphatic rings. The maximum atomic E-state index is 13.8. The third-order valence-electron chi connectivity index (χ3n) is 3.87. The zero-order valence-electron chi connectivity index (χ0n) is 13.7. The van der Waals surface area contributed by atoms with E-state index >= 15 is 0 Å². The number of fused-ring (bicyclic) bond motifs is 3. The quantitative estimate of drug-likeness (QED) is 0.538. The van der Waals surface area contributed by atoms with Crippen molar-refractivity contribution >= 4 is 43.6 Å². The molecule has 0 spiro atoms. The topological polar surface area (TPSA) is 81.4 Å². The summed E-state index contributed by atoms with van der Waals surface area (Å²) in [5.74, 6) is -2.62. The summed E-state index contributed by atoms with van der Waals surface area (Å²) in [6, 6.07) is 8.18. The summed E-state index contributed by atoms with van der Waals surface area (Å²) < 4.78 is 38.5. The highest BCUT2D eigenvalue weighted by Gasteiger charge is 2.20. The number of nitrogens with one attached hydrogen (secondary N) is 1. The van der Waals surface area contributed by atoms with E-state index in [4.69, 9.17) is 9.15 Å². The Kier molecular flexibility index (Phi) is 4.08. The largest absolute Gasteiger partial charge is 0.493 e. The minimum atomic E-state index is -1.00. The van der Waals surface area contributed by atoms with Gasteiger partial charge in [-0.25, -0.2) is 18.6 Å². The molecule has 0 aliphatic carbocycles. The fraction of sp³-hybridized carbons (Fsp3) is 0.0556. The van der Waals surface area contributed by atoms with E-state index in [1.807, 2.05) is 0 Å². The van der Waals surface area contributed by atoms with Gasteiger partial charge in [-0.05, 0) is 24.3 Å². The van der Waals surface area contributed by atoms with Crippen LogP contribution >= 0.6 is 11.3 Å². The van der Waals surface area contributed by atoms with Crippen molar-refractivity contribution in [2.24, 2.45) is 0 Å². The first-order valence-electron chi connectivity index (χ1n) is 7.65. The summed E-state index contributed by atoms with van der Waals surface area (Å²) in [4.78, 5) is 28.5. The van der Waals surface area contributed by atoms with Crippen LogP contribution in [0.3, 0.4) is 0 Å². The van der Waals surface area contributed by atoms with Gasteiger partial charge in [-0.15, -0.1) is 0 Å². The number of ether oxygens (including phenoxy) is 1. The Balaban J connectivity index is 1.82. The standard InChI is InChI=1S/C18H10F2N2O4S/c1-25-11-7-2-4-8-14(11)26-17(24)13-15(8)27-18(21-13)22-16(23)12-9(19)5-3-6-10(12)20/h2-7H,1H3,(H,21,22,23). The van der Waals surface area contributed by atoms with Gasteiger partial charge in [0.05, 0.1) is 11.8 Å². The van der Waals surface area contributed by atoms with Crippen LogP contribution < -0.4 is 15.7 Å². The predicted molar refractivity (Wildman–Crippen MR) is 96.5 cm³/mol. The van der Waals surface area contributed by atoms with E-state index in [-0.39, 0.29) is 16.2 Å². The molecule has 4 aromatic rings. The molecule has 0 fully saturated rings. The zero-order chi connectivity index (χ0) is 19.1. The monoisotopic (exact) mass is 388 g/mol. The van der Waals surface area contributed by atoms with Crippen LogP contribution in [0.15, 0.2) is 45.6 Å². The van der Waals surface area contributed by atoms with E-state index in [2.05, 4.69) is 10.3 Å². The number of carbonyl (C=O) groups excluding carboxylic acids is 1. The van der Waals surface area contributed by atoms with Crippen molar-refractivity contribution in [3.8, 4) is 5.75 Å². The van der Waals surface area contributed by atoms with Gasteiger partial charge in [-0.2, -0.15) is 0 Å². The number of rotatable bonds is 3. The summed E-state index contributed by atoms with van der Waals surface area (Å²) in [5, 5.41) is 2.91. The van der Waals surface area contributed by atoms with Gasteiger partial charge < -0.3 is 9.15 Å². The summed E-state index contributed by atoms with van der Waals surface area (Å²) in [6.07, 6.45) is 0. The summed E-state index contributed by atoms with van der Waals surface area (Å²) in [7, 11) is 1.44. The number of thiazole rings is 1. The van der Waals surface area contributed by atoms with Crippen LogP contribution in [-0.4, -0.2) is 18.0 Å². The highest BCUT2D eigenvalue weighted by Crippen LogP contribution is 2.34. The highest BCUT2D eigenvalue weighted by molar-refractivity contribution is 7.23. The number of benzene rings is 2. The number of anilines is 1. The van der Waals surface area contributed by atoms with E-state index in [0.717, 1.165) is 29.5 Å². The lowest BCUT2D eigenvalue weighted by molar-refractivity contribution is 0.101. The maximum Gasteiger partial charge on any atom is 0.364 e. The van der Waals surface area contributed by atoms with Gasteiger partial charge in [0.1, 0.15) is 17.2 Å². The van der Waals surface area contributed by atoms with Crippen LogP contribution in [0.2, 0.25) is 0 Å². The van der Waals surface area contributed by atoms with Gasteiger partial charge >= 0.3 is 5.63 Å². The maximum absolute atomic E-state index is 13.8. The predicted octanol–water partition coefficient (Wildman–Crippen LogP) is 3.94. The molecule has 4 rings (SSSR count). The molecule has 0 aliphatic heterocycles. The van der Waals surface area contributed by atoms with Crippen molar-refractivity contribution in [3.63, 3.8) is 0 Å². The van der Waals surface area contributed by atoms with Crippen LogP contribution in [0.25, 0.3) is 21.2 Å². The van der Waals surface area contributed by atoms with Gasteiger partial charge in [-0.3, -0.25) is 10.1 Å². The highest BCUT2D eigenvalue weighted by atomic mass is 32.1. The fourth-order valence-electron chi connectivity index (χ4n) is 2.67. The van der Waals surface area contributed by atoms with Crippen LogP contribution in [-0.2, 0) is 0 Å². The Morgan fingerprint density at radius 2 is 1.89 bits per heavy atom. The second-order valence-electron chi connectivity index (χ2n) is 5.47. The van der Waals surface area contributed by atoms with Crippen molar-refractivity contribution in [2.45, 2.75) is 0 Å². The van der Waals surface area contributed by atoms with Crippen LogP contribution in [0, 0.1) is 11.6 Å². The van der Waals surface area contributed by atoms with E-state index in [9.17, 15) is 18.4 Å². The molecule has 2 aromatic carbocycles. The Labute approximate surface area is 154 Å². The van der Waals surface area contributed by atoms with Crippen LogP contribution in [0.4, 0.5) is 13.9 Å². The van der Waals surface area contributed by atoms with Gasteiger partial charge in [0, 0.05) is 5.39 Å². The number of hydrogen-bond acceptors (Lipinski definition) is 6. The van der Waals surface area contributed by atoms with Crippen LogP contribution in [0.5, 0.6) is 5.75 Å². The van der Waals surface area contributed by atoms with Crippen LogP contribution in [0.1, 0.15) is 10.4 Å². The first-order chi connectivity index (χ1) is 13.0. The molecule has 2 aromatic heterocycles. The molecule has 1 N–H and O–H groups in total. The van der Waals surface area contributed by atoms with Gasteiger partial charge in [0.25, 0.3) is 5.91 Å². The second kappa shape index (κ2) is 6.44. The fourth-order valence-corrected chi connectivity index (χ4v) is 3.64. The third-order valence-corrected chi connectivity index (χ3v) is 4.87. The Morgan fingerprint density at radius 1 is 1.19 bits per heavy atom. The molecular weight excluding hydrogens is 378 g/mol. The number of methoxy groups -OCH3 is 1. The average molecular weight is 388 g/mol. The number of carbonyl (C=O) groups is 1. The molecule has 6 nitrogen and oxygen atoms in total. The van der Waals surface area contributed by atoms with E-state index in [1.54, 1.807) is 18.2 Å². The lowest BCUT2D eigenvalue weighted by Gasteiger charge is -2.03. The number of aromatic nitrogens is 1. The lowest BCUT2D eigenvalue weighted by Crippen LogP contribution is -2.15. The van der Waals surface area contributed by atoms with Crippen molar-refractivity contribution in [1.82, 2.24) is 4.98 Å². The summed E-state index contributed by atoms with van der Waals surface area (Å²) in [5.41, 5.74) is -1.18. The number of para-hydroxylation sites is 1. The van der Waals surface area contributed by atoms with E-state index < -0.39 is 28.7 Å². The minimum Gasteiger partial charge on any atom is -0.493 e. The Morgan fingerprint density at radius 3 is 2.59 bits per heavy atom. The summed E-state index contributed by atoms with van der Waals surface area (Å²) in [6.45, 7) is 0. The first kappa shape index (κ1) is 17.1. The smallest absolute Gasteiger partial charge is 0.364 e. The van der Waals surface area contributed by atoms with Gasteiger partial charge in [-0.1, -0.05) is 23.5 Å². The normalized spacial score (nSPS) is 11.1. The average Bonchev–Trinajstić information content (AvgIpc) is 3.06. The first-order valence-corrected chi connectivity index (χ1v) is 8.47. The molecule has 0 unspecified atom stereocenters. The molecule has 0 atom stereocenters. The third kappa shape index (κ3) is 2.81.